The summed E-state index contributed by atoms with van der Waals surface area (Å²) in [6.45, 7) is 8.42. The molecule has 1 heterocycles. The van der Waals surface area contributed by atoms with E-state index in [1.54, 1.807) is 34.6 Å². The maximum atomic E-state index is 14.0. The van der Waals surface area contributed by atoms with E-state index < -0.39 is 139 Å². The molecular weight excluding hydrogens is 778 g/mol. The molecular formula is C38H57N7O14. The summed E-state index contributed by atoms with van der Waals surface area (Å²) in [5, 5.41) is 32.8. The molecule has 21 heteroatoms. The number of nitrogens with zero attached hydrogens (tertiary/aromatic N) is 1. The maximum Gasteiger partial charge on any atom is 0.326 e. The van der Waals surface area contributed by atoms with Crippen molar-refractivity contribution in [1.82, 2.24) is 36.8 Å². The first kappa shape index (κ1) is 50.9. The number of ketones is 1. The van der Waals surface area contributed by atoms with Crippen molar-refractivity contribution in [2.75, 3.05) is 19.7 Å². The Labute approximate surface area is 342 Å². The van der Waals surface area contributed by atoms with Gasteiger partial charge in [0.1, 0.15) is 36.8 Å². The summed E-state index contributed by atoms with van der Waals surface area (Å²) in [4.78, 5) is 141. The fourth-order valence-electron chi connectivity index (χ4n) is 6.01. The van der Waals surface area contributed by atoms with Crippen molar-refractivity contribution < 1.29 is 67.7 Å². The van der Waals surface area contributed by atoms with Crippen LogP contribution in [-0.2, 0) is 57.5 Å². The molecule has 0 unspecified atom stereocenters. The fourth-order valence-corrected chi connectivity index (χ4v) is 6.01. The van der Waals surface area contributed by atoms with E-state index in [2.05, 4.69) is 42.6 Å². The molecule has 0 aromatic heterocycles. The number of ether oxygens (including phenoxy) is 1. The van der Waals surface area contributed by atoms with E-state index in [1.807, 2.05) is 0 Å². The van der Waals surface area contributed by atoms with Gasteiger partial charge < -0.3 is 51.8 Å². The lowest BCUT2D eigenvalue weighted by atomic mass is 9.98. The van der Waals surface area contributed by atoms with Gasteiger partial charge in [-0.15, -0.1) is 6.42 Å². The van der Waals surface area contributed by atoms with Crippen LogP contribution in [-0.4, -0.2) is 136 Å². The Morgan fingerprint density at radius 3 is 1.80 bits per heavy atom. The summed E-state index contributed by atoms with van der Waals surface area (Å²) < 4.78 is 4.65. The third-order valence-electron chi connectivity index (χ3n) is 9.08. The molecule has 6 atom stereocenters. The Morgan fingerprint density at radius 2 is 1.29 bits per heavy atom. The molecule has 0 bridgehead atoms. The molecule has 0 aromatic rings. The maximum absolute atomic E-state index is 14.0. The molecule has 1 saturated heterocycles. The minimum absolute atomic E-state index is 0.0641. The van der Waals surface area contributed by atoms with Gasteiger partial charge >= 0.3 is 17.9 Å². The van der Waals surface area contributed by atoms with Gasteiger partial charge in [0.25, 0.3) is 5.91 Å². The van der Waals surface area contributed by atoms with Gasteiger partial charge in [0, 0.05) is 26.3 Å². The number of likely N-dealkylation sites (tertiary alicyclic amines) is 1. The van der Waals surface area contributed by atoms with E-state index in [-0.39, 0.29) is 32.4 Å². The van der Waals surface area contributed by atoms with Gasteiger partial charge in [-0.05, 0) is 43.9 Å². The second kappa shape index (κ2) is 25.3. The second-order valence-electron chi connectivity index (χ2n) is 14.6. The van der Waals surface area contributed by atoms with Gasteiger partial charge in [0.2, 0.25) is 41.2 Å². The molecule has 328 valence electrons. The van der Waals surface area contributed by atoms with Crippen molar-refractivity contribution in [1.29, 1.82) is 0 Å². The number of nitrogens with one attached hydrogen (secondary N) is 6. The molecule has 8 N–H and O–H groups in total. The quantitative estimate of drug-likeness (QED) is 0.0284. The molecule has 1 aliphatic rings. The van der Waals surface area contributed by atoms with Crippen LogP contribution in [0.2, 0.25) is 0 Å². The van der Waals surface area contributed by atoms with Gasteiger partial charge in [-0.25, -0.2) is 0 Å². The third kappa shape index (κ3) is 17.5. The van der Waals surface area contributed by atoms with Crippen LogP contribution in [0.25, 0.3) is 0 Å². The molecule has 1 rings (SSSR count). The van der Waals surface area contributed by atoms with Crippen molar-refractivity contribution >= 4 is 65.0 Å². The van der Waals surface area contributed by atoms with Crippen LogP contribution >= 0.6 is 0 Å². The lowest BCUT2D eigenvalue weighted by Crippen LogP contribution is -2.61. The lowest BCUT2D eigenvalue weighted by molar-refractivity contribution is -0.145. The largest absolute Gasteiger partial charge is 0.481 e. The summed E-state index contributed by atoms with van der Waals surface area (Å²) in [5.41, 5.74) is 0. The molecule has 0 saturated carbocycles. The molecule has 59 heavy (non-hydrogen) atoms. The van der Waals surface area contributed by atoms with Crippen LogP contribution in [0.4, 0.5) is 0 Å². The van der Waals surface area contributed by atoms with E-state index in [0.29, 0.717) is 12.8 Å². The zero-order chi connectivity index (χ0) is 45.0. The number of carbonyl (C=O) groups is 11. The number of hydrogen-bond donors (Lipinski definition) is 8. The SMILES string of the molecule is C#CCOC(=O)CNC(=O)C(=O)[C@H](CCC)NC(=O)[C@@H]1CCCN1C(=O)[C@@H](NC(=O)[C@@H](NC(=O)[C@H](CCC(=O)O)NC(=O)[C@H](CCC(=O)O)NC(C)=O)C(C)C)C(C)C. The summed E-state index contributed by atoms with van der Waals surface area (Å²) in [5.74, 6) is -9.45. The first-order chi connectivity index (χ1) is 27.6. The predicted octanol–water partition coefficient (Wildman–Crippen LogP) is -1.88. The van der Waals surface area contributed by atoms with Crippen molar-refractivity contribution in [3.63, 3.8) is 0 Å². The van der Waals surface area contributed by atoms with E-state index in [1.165, 1.54) is 4.90 Å². The molecule has 1 aliphatic heterocycles. The third-order valence-corrected chi connectivity index (χ3v) is 9.08. The lowest BCUT2D eigenvalue weighted by Gasteiger charge is -2.33. The number of Topliss-reactive ketones (excluding diaryl/α,β-unsaturated/α-hetero) is 1. The summed E-state index contributed by atoms with van der Waals surface area (Å²) >= 11 is 0. The topological polar surface area (TPSA) is 313 Å². The Bertz CT molecular complexity index is 1620. The van der Waals surface area contributed by atoms with Crippen molar-refractivity contribution in [2.45, 2.75) is 129 Å². The standard InChI is InChI=1S/C38H57N7O14/c1-8-11-23(32(52)37(57)39-19-29(51)59-18-9-2)41-35(55)26-12-10-17-45(26)38(58)31(21(5)6)44-36(56)30(20(3)4)43-34(54)25(14-16-28(49)50)42-33(53)24(40-22(7)46)13-15-27(47)48/h2,20-21,23-26,30-31H,8,10-19H2,1,3-7H3,(H,39,57)(H,40,46)(H,41,55)(H,42,53)(H,43,54)(H,44,56)(H,47,48)(H,49,50)/t23-,24-,25-,26-,30-,31-/m0/s1. The fraction of sp³-hybridized carbons (Fsp3) is 0.658. The van der Waals surface area contributed by atoms with E-state index in [9.17, 15) is 57.8 Å². The highest BCUT2D eigenvalue weighted by molar-refractivity contribution is 6.38. The number of terminal acetylenes is 1. The number of carbonyl (C=O) groups excluding carboxylic acids is 9. The second-order valence-corrected chi connectivity index (χ2v) is 14.6. The Kier molecular flexibility index (Phi) is 21.9. The van der Waals surface area contributed by atoms with Crippen LogP contribution in [0.3, 0.4) is 0 Å². The molecule has 1 fully saturated rings. The minimum atomic E-state index is -1.54. The number of aliphatic carboxylic acids is 2. The molecule has 0 aliphatic carbocycles. The monoisotopic (exact) mass is 835 g/mol. The molecule has 7 amide bonds. The number of carboxylic acids is 2. The van der Waals surface area contributed by atoms with E-state index >= 15 is 0 Å². The minimum Gasteiger partial charge on any atom is -0.481 e. The molecule has 21 nitrogen and oxygen atoms in total. The van der Waals surface area contributed by atoms with Gasteiger partial charge in [0.15, 0.2) is 6.61 Å². The molecule has 0 radical (unpaired) electrons. The van der Waals surface area contributed by atoms with Crippen LogP contribution < -0.4 is 31.9 Å². The van der Waals surface area contributed by atoms with Crippen LogP contribution in [0.5, 0.6) is 0 Å². The highest BCUT2D eigenvalue weighted by Gasteiger charge is 2.41. The van der Waals surface area contributed by atoms with Gasteiger partial charge in [-0.1, -0.05) is 47.0 Å². The van der Waals surface area contributed by atoms with E-state index in [0.717, 1.165) is 6.92 Å². The van der Waals surface area contributed by atoms with Gasteiger partial charge in [-0.2, -0.15) is 0 Å². The first-order valence-electron chi connectivity index (χ1n) is 19.3. The van der Waals surface area contributed by atoms with Gasteiger partial charge in [0.05, 0.1) is 6.04 Å². The summed E-state index contributed by atoms with van der Waals surface area (Å²) in [6.07, 6.45) is 4.20. The van der Waals surface area contributed by atoms with Crippen molar-refractivity contribution in [3.8, 4) is 12.3 Å². The summed E-state index contributed by atoms with van der Waals surface area (Å²) in [7, 11) is 0. The van der Waals surface area contributed by atoms with Crippen LogP contribution in [0, 0.1) is 24.2 Å². The molecule has 0 spiro atoms. The zero-order valence-corrected chi connectivity index (χ0v) is 34.2. The number of carboxylic acid groups (broad SMARTS) is 2. The molecule has 0 aromatic carbocycles. The number of rotatable bonds is 25. The number of esters is 1. The van der Waals surface area contributed by atoms with Crippen LogP contribution in [0.1, 0.15) is 92.9 Å². The summed E-state index contributed by atoms with van der Waals surface area (Å²) in [6, 6.07) is -7.83. The number of hydrogen-bond acceptors (Lipinski definition) is 12. The van der Waals surface area contributed by atoms with Crippen molar-refractivity contribution in [2.24, 2.45) is 11.8 Å². The van der Waals surface area contributed by atoms with Crippen LogP contribution in [0.15, 0.2) is 0 Å². The predicted molar refractivity (Wildman–Crippen MR) is 206 cm³/mol. The Morgan fingerprint density at radius 1 is 0.746 bits per heavy atom. The highest BCUT2D eigenvalue weighted by atomic mass is 16.5. The van der Waals surface area contributed by atoms with Gasteiger partial charge in [-0.3, -0.25) is 52.7 Å². The Balaban J connectivity index is 3.20. The average Bonchev–Trinajstić information content (AvgIpc) is 3.66. The normalized spacial score (nSPS) is 15.9. The average molecular weight is 836 g/mol. The zero-order valence-electron chi connectivity index (χ0n) is 34.2. The smallest absolute Gasteiger partial charge is 0.326 e. The van der Waals surface area contributed by atoms with E-state index in [4.69, 9.17) is 11.5 Å². The first-order valence-corrected chi connectivity index (χ1v) is 19.3. The highest BCUT2D eigenvalue weighted by Crippen LogP contribution is 2.21. The number of amides is 7. The van der Waals surface area contributed by atoms with Crippen molar-refractivity contribution in [3.05, 3.63) is 0 Å². The Hall–Kier alpha value is -6.07.